The summed E-state index contributed by atoms with van der Waals surface area (Å²) in [4.78, 5) is 14.2. The van der Waals surface area contributed by atoms with Gasteiger partial charge in [0.2, 0.25) is 12.5 Å². The minimum Gasteiger partial charge on any atom is -0.506 e. The van der Waals surface area contributed by atoms with E-state index in [1.54, 1.807) is 0 Å². The molecule has 1 heterocycles. The molecule has 0 aromatic carbocycles. The van der Waals surface area contributed by atoms with E-state index in [-0.39, 0.29) is 17.1 Å². The van der Waals surface area contributed by atoms with Gasteiger partial charge in [-0.15, -0.1) is 0 Å². The monoisotopic (exact) mass is 290 g/mol. The first-order chi connectivity index (χ1) is 8.95. The summed E-state index contributed by atoms with van der Waals surface area (Å²) in [6.45, 7) is 1.67. The number of aryl methyl sites for hydroxylation is 1. The molecule has 9 heteroatoms. The van der Waals surface area contributed by atoms with Crippen molar-refractivity contribution < 1.29 is 33.4 Å². The van der Waals surface area contributed by atoms with Crippen molar-refractivity contribution in [1.82, 2.24) is 4.98 Å². The Hall–Kier alpha value is -1.76. The Labute approximate surface area is 109 Å². The molecule has 8 nitrogen and oxygen atoms in total. The minimum atomic E-state index is -2.62. The molecule has 2 N–H and O–H groups in total. The smallest absolute Gasteiger partial charge is 0.506 e. The summed E-state index contributed by atoms with van der Waals surface area (Å²) in [5.74, 6) is -0.910. The molecule has 0 aliphatic rings. The van der Waals surface area contributed by atoms with Gasteiger partial charge in [-0.1, -0.05) is 4.52 Å². The van der Waals surface area contributed by atoms with Crippen LogP contribution < -0.4 is 4.52 Å². The van der Waals surface area contributed by atoms with Crippen molar-refractivity contribution in [3.63, 3.8) is 0 Å². The zero-order valence-electron chi connectivity index (χ0n) is 10.3. The lowest BCUT2D eigenvalue weighted by Gasteiger charge is -2.05. The highest BCUT2D eigenvalue weighted by Gasteiger charge is 2.26. The lowest BCUT2D eigenvalue weighted by molar-refractivity contribution is -0.147. The Bertz CT molecular complexity index is 491. The van der Waals surface area contributed by atoms with Crippen LogP contribution in [0.5, 0.6) is 11.5 Å². The van der Waals surface area contributed by atoms with Crippen molar-refractivity contribution in [1.29, 1.82) is 0 Å². The third-order valence-corrected chi connectivity index (χ3v) is 2.71. The number of ether oxygens (including phenoxy) is 1. The van der Waals surface area contributed by atoms with E-state index in [0.29, 0.717) is 5.69 Å². The van der Waals surface area contributed by atoms with Crippen molar-refractivity contribution in [2.75, 3.05) is 6.79 Å². The molecule has 1 unspecified atom stereocenters. The molecule has 0 radical (unpaired) electrons. The number of pyridine rings is 1. The Kier molecular flexibility index (Phi) is 5.62. The Balaban J connectivity index is 2.69. The Morgan fingerprint density at radius 2 is 2.21 bits per heavy atom. The van der Waals surface area contributed by atoms with Crippen molar-refractivity contribution in [2.24, 2.45) is 0 Å². The van der Waals surface area contributed by atoms with Gasteiger partial charge in [0.05, 0.1) is 24.1 Å². The maximum Gasteiger partial charge on any atom is 0.753 e. The highest BCUT2D eigenvalue weighted by Crippen LogP contribution is 2.35. The predicted molar refractivity (Wildman–Crippen MR) is 62.5 cm³/mol. The second kappa shape index (κ2) is 6.98. The Morgan fingerprint density at radius 3 is 2.79 bits per heavy atom. The first-order valence-corrected chi connectivity index (χ1v) is 6.25. The molecule has 0 fully saturated rings. The van der Waals surface area contributed by atoms with E-state index in [9.17, 15) is 14.5 Å². The van der Waals surface area contributed by atoms with Crippen LogP contribution in [0.15, 0.2) is 6.20 Å². The molecule has 104 valence electrons. The van der Waals surface area contributed by atoms with Gasteiger partial charge < -0.3 is 14.9 Å². The third-order valence-electron chi connectivity index (χ3n) is 2.05. The number of aliphatic hydroxyl groups is 1. The quantitative estimate of drug-likeness (QED) is 0.455. The summed E-state index contributed by atoms with van der Waals surface area (Å²) < 4.78 is 25.2. The van der Waals surface area contributed by atoms with Crippen LogP contribution in [0.4, 0.5) is 0 Å². The van der Waals surface area contributed by atoms with Crippen LogP contribution in [0.2, 0.25) is 0 Å². The van der Waals surface area contributed by atoms with Gasteiger partial charge in [-0.25, -0.2) is 4.52 Å². The summed E-state index contributed by atoms with van der Waals surface area (Å²) in [5.41, 5.74) is 0.347. The van der Waals surface area contributed by atoms with E-state index in [1.165, 1.54) is 20.0 Å². The van der Waals surface area contributed by atoms with E-state index in [1.807, 2.05) is 0 Å². The summed E-state index contributed by atoms with van der Waals surface area (Å²) in [6.07, 6.45) is 1.20. The number of aromatic hydroxyl groups is 1. The highest BCUT2D eigenvalue weighted by atomic mass is 31.1. The third kappa shape index (κ3) is 4.44. The number of esters is 1. The van der Waals surface area contributed by atoms with Gasteiger partial charge in [-0.2, -0.15) is 0 Å². The normalized spacial score (nSPS) is 11.0. The summed E-state index contributed by atoms with van der Waals surface area (Å²) >= 11 is 0. The molecule has 0 saturated heterocycles. The zero-order valence-corrected chi connectivity index (χ0v) is 11.2. The van der Waals surface area contributed by atoms with E-state index < -0.39 is 27.6 Å². The second-order valence-electron chi connectivity index (χ2n) is 3.39. The number of hydrogen-bond acceptors (Lipinski definition) is 8. The first kappa shape index (κ1) is 15.3. The van der Waals surface area contributed by atoms with Crippen molar-refractivity contribution in [3.05, 3.63) is 17.5 Å². The van der Waals surface area contributed by atoms with Crippen LogP contribution in [-0.4, -0.2) is 28.0 Å². The van der Waals surface area contributed by atoms with Gasteiger partial charge in [0, 0.05) is 11.5 Å². The summed E-state index contributed by atoms with van der Waals surface area (Å²) in [6, 6.07) is 0. The van der Waals surface area contributed by atoms with E-state index in [2.05, 4.69) is 14.2 Å². The molecule has 0 saturated carbocycles. The number of carbonyl (C=O) groups excluding carboxylic acids is 1. The molecule has 1 rings (SSSR count). The number of hydrogen-bond donors (Lipinski definition) is 2. The summed E-state index contributed by atoms with van der Waals surface area (Å²) in [5, 5.41) is 18.7. The SMILES string of the molecule is CC(=O)OCO[P+](=O)Oc1cnc(C)c(O)c1CO. The number of rotatable bonds is 6. The number of carbonyl (C=O) groups is 1. The van der Waals surface area contributed by atoms with E-state index >= 15 is 0 Å². The Morgan fingerprint density at radius 1 is 1.53 bits per heavy atom. The van der Waals surface area contributed by atoms with Crippen molar-refractivity contribution in [2.45, 2.75) is 20.5 Å². The fourth-order valence-corrected chi connectivity index (χ4v) is 1.63. The predicted octanol–water partition coefficient (Wildman–Crippen LogP) is 1.16. The van der Waals surface area contributed by atoms with Gasteiger partial charge in [-0.05, 0) is 6.92 Å². The van der Waals surface area contributed by atoms with Crippen molar-refractivity contribution >= 4 is 14.2 Å². The molecule has 19 heavy (non-hydrogen) atoms. The number of aliphatic hydroxyl groups excluding tert-OH is 1. The first-order valence-electron chi connectivity index (χ1n) is 5.15. The molecular formula is C10H13NO7P+. The maximum absolute atomic E-state index is 11.4. The topological polar surface area (TPSA) is 115 Å². The van der Waals surface area contributed by atoms with Gasteiger partial charge in [0.15, 0.2) is 0 Å². The minimum absolute atomic E-state index is 0.0481. The van der Waals surface area contributed by atoms with Gasteiger partial charge in [-0.3, -0.25) is 9.78 Å². The van der Waals surface area contributed by atoms with Crippen LogP contribution in [-0.2, 0) is 25.2 Å². The molecule has 0 aliphatic heterocycles. The number of aromatic nitrogens is 1. The zero-order chi connectivity index (χ0) is 14.4. The van der Waals surface area contributed by atoms with Gasteiger partial charge >= 0.3 is 14.2 Å². The van der Waals surface area contributed by atoms with Crippen molar-refractivity contribution in [3.8, 4) is 11.5 Å². The second-order valence-corrected chi connectivity index (χ2v) is 4.28. The average molecular weight is 290 g/mol. The lowest BCUT2D eigenvalue weighted by Crippen LogP contribution is -2.02. The fraction of sp³-hybridized carbons (Fsp3) is 0.400. The molecule has 0 bridgehead atoms. The maximum atomic E-state index is 11.4. The molecule has 1 atom stereocenters. The summed E-state index contributed by atoms with van der Waals surface area (Å²) in [7, 11) is -2.62. The standard InChI is InChI=1S/C10H12NO7P/c1-6-10(14)8(4-12)9(3-11-6)18-19(15)17-5-16-7(2)13/h3,12H,4-5H2,1-2H3/p+1. The lowest BCUT2D eigenvalue weighted by atomic mass is 10.2. The fourth-order valence-electron chi connectivity index (χ4n) is 1.12. The molecule has 0 amide bonds. The van der Waals surface area contributed by atoms with Crippen LogP contribution in [0.3, 0.4) is 0 Å². The molecule has 1 aromatic rings. The van der Waals surface area contributed by atoms with Crippen LogP contribution >= 0.6 is 8.25 Å². The number of nitrogens with zero attached hydrogens (tertiary/aromatic N) is 1. The van der Waals surface area contributed by atoms with Crippen LogP contribution in [0, 0.1) is 6.92 Å². The molecule has 1 aromatic heterocycles. The highest BCUT2D eigenvalue weighted by molar-refractivity contribution is 7.33. The average Bonchev–Trinajstić information content (AvgIpc) is 2.34. The van der Waals surface area contributed by atoms with E-state index in [4.69, 9.17) is 9.63 Å². The molecular weight excluding hydrogens is 277 g/mol. The molecule has 0 spiro atoms. The molecule has 0 aliphatic carbocycles. The van der Waals surface area contributed by atoms with Gasteiger partial charge in [0.25, 0.3) is 0 Å². The van der Waals surface area contributed by atoms with Crippen LogP contribution in [0.1, 0.15) is 18.2 Å². The van der Waals surface area contributed by atoms with Crippen LogP contribution in [0.25, 0.3) is 0 Å². The van der Waals surface area contributed by atoms with E-state index in [0.717, 1.165) is 0 Å². The van der Waals surface area contributed by atoms with Gasteiger partial charge in [0.1, 0.15) is 5.75 Å². The largest absolute Gasteiger partial charge is 0.753 e.